The van der Waals surface area contributed by atoms with Crippen molar-refractivity contribution in [1.82, 2.24) is 15.6 Å². The Kier molecular flexibility index (Phi) is 5.77. The summed E-state index contributed by atoms with van der Waals surface area (Å²) in [5.41, 5.74) is 1.19. The number of rotatable bonds is 6. The quantitative estimate of drug-likeness (QED) is 0.859. The topological polar surface area (TPSA) is 63.2 Å². The van der Waals surface area contributed by atoms with Gasteiger partial charge in [0.2, 0.25) is 0 Å². The molecule has 0 fully saturated rings. The number of ether oxygens (including phenoxy) is 1. The summed E-state index contributed by atoms with van der Waals surface area (Å²) < 4.78 is 5.74. The Bertz CT molecular complexity index is 584. The maximum Gasteiger partial charge on any atom is 0.315 e. The summed E-state index contributed by atoms with van der Waals surface area (Å²) >= 11 is 1.52. The number of carbonyl (C=O) groups excluding carboxylic acids is 1. The molecule has 1 aromatic carbocycles. The van der Waals surface area contributed by atoms with Crippen LogP contribution >= 0.6 is 11.3 Å². The molecule has 2 rings (SSSR count). The zero-order valence-electron chi connectivity index (χ0n) is 13.0. The first-order chi connectivity index (χ1) is 10.5. The van der Waals surface area contributed by atoms with Crippen LogP contribution in [0.2, 0.25) is 0 Å². The number of nitrogens with zero attached hydrogens (tertiary/aromatic N) is 1. The van der Waals surface area contributed by atoms with Crippen LogP contribution in [0.5, 0.6) is 5.75 Å². The predicted octanol–water partition coefficient (Wildman–Crippen LogP) is 3.28. The fourth-order valence-electron chi connectivity index (χ4n) is 1.88. The monoisotopic (exact) mass is 319 g/mol. The first-order valence-electron chi connectivity index (χ1n) is 7.21. The summed E-state index contributed by atoms with van der Waals surface area (Å²) in [5.74, 6) is 0.802. The van der Waals surface area contributed by atoms with Crippen LogP contribution in [-0.2, 0) is 0 Å². The second-order valence-electron chi connectivity index (χ2n) is 5.19. The van der Waals surface area contributed by atoms with Crippen molar-refractivity contribution >= 4 is 17.4 Å². The van der Waals surface area contributed by atoms with Crippen LogP contribution in [0.4, 0.5) is 4.79 Å². The summed E-state index contributed by atoms with van der Waals surface area (Å²) in [5, 5.41) is 8.44. The van der Waals surface area contributed by atoms with Crippen LogP contribution < -0.4 is 15.4 Å². The van der Waals surface area contributed by atoms with Gasteiger partial charge in [-0.15, -0.1) is 11.3 Å². The van der Waals surface area contributed by atoms with Gasteiger partial charge in [-0.25, -0.2) is 9.78 Å². The Labute approximate surface area is 134 Å². The lowest BCUT2D eigenvalue weighted by Gasteiger charge is -2.17. The van der Waals surface area contributed by atoms with Gasteiger partial charge in [0.1, 0.15) is 16.9 Å². The molecule has 5 nitrogen and oxygen atoms in total. The number of hydrogen-bond acceptors (Lipinski definition) is 4. The average Bonchev–Trinajstić information content (AvgIpc) is 3.02. The highest BCUT2D eigenvalue weighted by Gasteiger charge is 2.12. The van der Waals surface area contributed by atoms with Crippen LogP contribution in [-0.4, -0.2) is 23.7 Å². The molecule has 0 aliphatic rings. The van der Waals surface area contributed by atoms with E-state index in [0.717, 1.165) is 10.8 Å². The van der Waals surface area contributed by atoms with E-state index in [0.29, 0.717) is 6.54 Å². The number of urea groups is 1. The van der Waals surface area contributed by atoms with Gasteiger partial charge in [-0.3, -0.25) is 0 Å². The molecule has 0 radical (unpaired) electrons. The van der Waals surface area contributed by atoms with E-state index < -0.39 is 0 Å². The molecule has 2 atom stereocenters. The van der Waals surface area contributed by atoms with E-state index in [9.17, 15) is 4.79 Å². The number of hydrogen-bond donors (Lipinski definition) is 2. The van der Waals surface area contributed by atoms with E-state index in [1.54, 1.807) is 6.20 Å². The molecule has 2 aromatic rings. The van der Waals surface area contributed by atoms with E-state index >= 15 is 0 Å². The molecule has 0 aliphatic carbocycles. The highest BCUT2D eigenvalue weighted by molar-refractivity contribution is 7.09. The minimum Gasteiger partial charge on any atom is -0.489 e. The molecule has 1 heterocycles. The van der Waals surface area contributed by atoms with Gasteiger partial charge >= 0.3 is 6.03 Å². The molecule has 0 bridgehead atoms. The number of benzene rings is 1. The first-order valence-corrected chi connectivity index (χ1v) is 8.09. The minimum atomic E-state index is -0.220. The predicted molar refractivity (Wildman–Crippen MR) is 88.3 cm³/mol. The molecule has 0 saturated carbocycles. The Morgan fingerprint density at radius 1 is 1.32 bits per heavy atom. The van der Waals surface area contributed by atoms with Gasteiger partial charge in [0.05, 0.1) is 12.6 Å². The van der Waals surface area contributed by atoms with Crippen molar-refractivity contribution in [3.05, 3.63) is 46.4 Å². The van der Waals surface area contributed by atoms with Crippen LogP contribution in [0.3, 0.4) is 0 Å². The van der Waals surface area contributed by atoms with Crippen molar-refractivity contribution in [2.45, 2.75) is 32.9 Å². The summed E-state index contributed by atoms with van der Waals surface area (Å²) in [4.78, 5) is 16.0. The number of aryl methyl sites for hydroxylation is 1. The normalized spacial score (nSPS) is 13.2. The Balaban J connectivity index is 1.72. The van der Waals surface area contributed by atoms with Gasteiger partial charge in [0, 0.05) is 11.6 Å². The second kappa shape index (κ2) is 7.79. The van der Waals surface area contributed by atoms with Crippen molar-refractivity contribution in [2.75, 3.05) is 6.54 Å². The summed E-state index contributed by atoms with van der Waals surface area (Å²) in [7, 11) is 0. The number of thiazole rings is 1. The fraction of sp³-hybridized carbons (Fsp3) is 0.375. The lowest BCUT2D eigenvalue weighted by Crippen LogP contribution is -2.41. The Hall–Kier alpha value is -2.08. The average molecular weight is 319 g/mol. The van der Waals surface area contributed by atoms with Crippen molar-refractivity contribution in [2.24, 2.45) is 0 Å². The van der Waals surface area contributed by atoms with Gasteiger partial charge < -0.3 is 15.4 Å². The molecule has 1 aromatic heterocycles. The largest absolute Gasteiger partial charge is 0.489 e. The number of carbonyl (C=O) groups is 1. The number of amides is 2. The molecular formula is C16H21N3O2S. The molecular weight excluding hydrogens is 298 g/mol. The Morgan fingerprint density at radius 3 is 2.68 bits per heavy atom. The van der Waals surface area contributed by atoms with Gasteiger partial charge in [0.25, 0.3) is 0 Å². The maximum atomic E-state index is 11.8. The number of aromatic nitrogens is 1. The highest BCUT2D eigenvalue weighted by atomic mass is 32.1. The summed E-state index contributed by atoms with van der Waals surface area (Å²) in [6.07, 6.45) is 1.62. The van der Waals surface area contributed by atoms with Crippen LogP contribution in [0.1, 0.15) is 30.5 Å². The minimum absolute atomic E-state index is 0.103. The lowest BCUT2D eigenvalue weighted by atomic mass is 10.2. The van der Waals surface area contributed by atoms with E-state index in [2.05, 4.69) is 15.6 Å². The Morgan fingerprint density at radius 2 is 2.05 bits per heavy atom. The molecule has 22 heavy (non-hydrogen) atoms. The third kappa shape index (κ3) is 5.04. The molecule has 118 valence electrons. The number of nitrogens with one attached hydrogen (secondary N) is 2. The van der Waals surface area contributed by atoms with E-state index in [1.807, 2.05) is 50.4 Å². The standard InChI is InChI=1S/C16H21N3O2S/c1-11-4-6-14(7-5-11)21-12(2)10-18-16(20)19-13(3)15-17-8-9-22-15/h4-9,12-13H,10H2,1-3H3,(H2,18,19,20). The van der Waals surface area contributed by atoms with Crippen molar-refractivity contribution in [1.29, 1.82) is 0 Å². The summed E-state index contributed by atoms with van der Waals surface area (Å²) in [6.45, 7) is 6.29. The van der Waals surface area contributed by atoms with Gasteiger partial charge in [-0.05, 0) is 32.9 Å². The zero-order chi connectivity index (χ0) is 15.9. The second-order valence-corrected chi connectivity index (χ2v) is 6.11. The molecule has 2 unspecified atom stereocenters. The van der Waals surface area contributed by atoms with Crippen molar-refractivity contribution in [3.63, 3.8) is 0 Å². The summed E-state index contributed by atoms with van der Waals surface area (Å²) in [6, 6.07) is 7.53. The molecule has 6 heteroatoms. The van der Waals surface area contributed by atoms with Crippen molar-refractivity contribution in [3.8, 4) is 5.75 Å². The zero-order valence-corrected chi connectivity index (χ0v) is 13.8. The van der Waals surface area contributed by atoms with Crippen LogP contribution in [0.25, 0.3) is 0 Å². The highest BCUT2D eigenvalue weighted by Crippen LogP contribution is 2.14. The third-order valence-electron chi connectivity index (χ3n) is 3.08. The SMILES string of the molecule is Cc1ccc(OC(C)CNC(=O)NC(C)c2nccs2)cc1. The molecule has 0 aliphatic heterocycles. The van der Waals surface area contributed by atoms with Gasteiger partial charge in [0.15, 0.2) is 0 Å². The molecule has 0 spiro atoms. The van der Waals surface area contributed by atoms with Crippen LogP contribution in [0.15, 0.2) is 35.8 Å². The fourth-order valence-corrected chi connectivity index (χ4v) is 2.53. The van der Waals surface area contributed by atoms with E-state index in [1.165, 1.54) is 16.9 Å². The molecule has 0 saturated heterocycles. The van der Waals surface area contributed by atoms with E-state index in [4.69, 9.17) is 4.74 Å². The molecule has 2 N–H and O–H groups in total. The smallest absolute Gasteiger partial charge is 0.315 e. The van der Waals surface area contributed by atoms with Gasteiger partial charge in [-0.2, -0.15) is 0 Å². The van der Waals surface area contributed by atoms with Crippen molar-refractivity contribution < 1.29 is 9.53 Å². The van der Waals surface area contributed by atoms with Crippen LogP contribution in [0, 0.1) is 6.92 Å². The first kappa shape index (κ1) is 16.3. The van der Waals surface area contributed by atoms with E-state index in [-0.39, 0.29) is 18.2 Å². The van der Waals surface area contributed by atoms with Gasteiger partial charge in [-0.1, -0.05) is 17.7 Å². The maximum absolute atomic E-state index is 11.8. The molecule has 2 amide bonds. The third-order valence-corrected chi connectivity index (χ3v) is 4.04. The lowest BCUT2D eigenvalue weighted by molar-refractivity contribution is 0.206.